The van der Waals surface area contributed by atoms with Crippen LogP contribution in [0.15, 0.2) is 42.5 Å². The number of hydrogen-bond acceptors (Lipinski definition) is 3. The van der Waals surface area contributed by atoms with Crippen molar-refractivity contribution in [3.05, 3.63) is 53.8 Å². The molecule has 0 radical (unpaired) electrons. The molecule has 98 valence electrons. The summed E-state index contributed by atoms with van der Waals surface area (Å²) in [5.74, 6) is -0.550. The Hall–Kier alpha value is -2.56. The summed E-state index contributed by atoms with van der Waals surface area (Å²) >= 11 is 0. The van der Waals surface area contributed by atoms with Gasteiger partial charge in [-0.3, -0.25) is 4.79 Å². The van der Waals surface area contributed by atoms with E-state index in [1.807, 2.05) is 0 Å². The highest BCUT2D eigenvalue weighted by molar-refractivity contribution is 6.01. The third kappa shape index (κ3) is 3.01. The number of rotatable bonds is 3. The van der Waals surface area contributed by atoms with E-state index in [0.717, 1.165) is 0 Å². The van der Waals surface area contributed by atoms with Crippen LogP contribution in [0.4, 0.5) is 21.5 Å². The fourth-order valence-electron chi connectivity index (χ4n) is 1.68. The van der Waals surface area contributed by atoms with Gasteiger partial charge in [-0.05, 0) is 42.5 Å². The minimum atomic E-state index is -0.311. The molecule has 1 amide bonds. The molecule has 0 aliphatic carbocycles. The summed E-state index contributed by atoms with van der Waals surface area (Å²) in [6.07, 6.45) is 0. The monoisotopic (exact) mass is 259 g/mol. The van der Waals surface area contributed by atoms with E-state index in [-0.39, 0.29) is 11.7 Å². The molecule has 0 saturated heterocycles. The Morgan fingerprint density at radius 2 is 1.84 bits per heavy atom. The molecule has 0 heterocycles. The number of anilines is 3. The lowest BCUT2D eigenvalue weighted by Crippen LogP contribution is -2.19. The van der Waals surface area contributed by atoms with Crippen molar-refractivity contribution in [3.63, 3.8) is 0 Å². The lowest BCUT2D eigenvalue weighted by molar-refractivity contribution is 0.0964. The fourth-order valence-corrected chi connectivity index (χ4v) is 1.68. The number of benzene rings is 2. The first-order valence-corrected chi connectivity index (χ1v) is 5.74. The summed E-state index contributed by atoms with van der Waals surface area (Å²) in [5, 5.41) is 5.61. The molecule has 4 nitrogen and oxygen atoms in total. The van der Waals surface area contributed by atoms with Gasteiger partial charge in [-0.15, -0.1) is 0 Å². The Bertz CT molecular complexity index is 596. The van der Waals surface area contributed by atoms with Gasteiger partial charge in [0.2, 0.25) is 0 Å². The molecule has 0 unspecified atom stereocenters. The molecule has 0 aliphatic rings. The van der Waals surface area contributed by atoms with Crippen LogP contribution in [0.3, 0.4) is 0 Å². The standard InChI is InChI=1S/C14H14FN3O/c1-17-14(19)12-8-10(16)4-7-13(12)18-11-5-2-9(15)3-6-11/h2-8,18H,16H2,1H3,(H,17,19). The van der Waals surface area contributed by atoms with Crippen LogP contribution in [0.5, 0.6) is 0 Å². The molecule has 5 heteroatoms. The number of hydrogen-bond donors (Lipinski definition) is 3. The maximum atomic E-state index is 12.8. The molecular weight excluding hydrogens is 245 g/mol. The second kappa shape index (κ2) is 5.39. The number of nitrogens with one attached hydrogen (secondary N) is 2. The zero-order valence-electron chi connectivity index (χ0n) is 10.4. The molecule has 0 saturated carbocycles. The van der Waals surface area contributed by atoms with Crippen molar-refractivity contribution in [3.8, 4) is 0 Å². The van der Waals surface area contributed by atoms with Gasteiger partial charge in [-0.25, -0.2) is 4.39 Å². The summed E-state index contributed by atoms with van der Waals surface area (Å²) < 4.78 is 12.8. The third-order valence-electron chi connectivity index (χ3n) is 2.64. The van der Waals surface area contributed by atoms with Gasteiger partial charge >= 0.3 is 0 Å². The predicted molar refractivity (Wildman–Crippen MR) is 73.9 cm³/mol. The highest BCUT2D eigenvalue weighted by Crippen LogP contribution is 2.23. The topological polar surface area (TPSA) is 67.2 Å². The average Bonchev–Trinajstić information content (AvgIpc) is 2.42. The molecule has 2 aromatic carbocycles. The van der Waals surface area contributed by atoms with E-state index in [4.69, 9.17) is 5.73 Å². The number of carbonyl (C=O) groups excluding carboxylic acids is 1. The van der Waals surface area contributed by atoms with E-state index < -0.39 is 0 Å². The molecule has 0 atom stereocenters. The van der Waals surface area contributed by atoms with Gasteiger partial charge < -0.3 is 16.4 Å². The van der Waals surface area contributed by atoms with Crippen molar-refractivity contribution in [1.82, 2.24) is 5.32 Å². The van der Waals surface area contributed by atoms with Gasteiger partial charge in [0.15, 0.2) is 0 Å². The number of halogens is 1. The second-order valence-corrected chi connectivity index (χ2v) is 4.02. The van der Waals surface area contributed by atoms with E-state index in [1.54, 1.807) is 37.4 Å². The summed E-state index contributed by atoms with van der Waals surface area (Å²) in [5.41, 5.74) is 7.92. The molecule has 2 rings (SSSR count). The maximum Gasteiger partial charge on any atom is 0.253 e. The number of carbonyl (C=O) groups is 1. The van der Waals surface area contributed by atoms with Crippen LogP contribution < -0.4 is 16.4 Å². The highest BCUT2D eigenvalue weighted by Gasteiger charge is 2.10. The zero-order valence-corrected chi connectivity index (χ0v) is 10.4. The van der Waals surface area contributed by atoms with Crippen molar-refractivity contribution in [2.24, 2.45) is 0 Å². The van der Waals surface area contributed by atoms with Gasteiger partial charge in [0.05, 0.1) is 11.3 Å². The lowest BCUT2D eigenvalue weighted by atomic mass is 10.1. The van der Waals surface area contributed by atoms with Crippen LogP contribution in [-0.2, 0) is 0 Å². The van der Waals surface area contributed by atoms with Crippen LogP contribution in [0.1, 0.15) is 10.4 Å². The van der Waals surface area contributed by atoms with Gasteiger partial charge in [0.1, 0.15) is 5.82 Å². The zero-order chi connectivity index (χ0) is 13.8. The van der Waals surface area contributed by atoms with Crippen molar-refractivity contribution in [1.29, 1.82) is 0 Å². The van der Waals surface area contributed by atoms with Crippen molar-refractivity contribution in [2.45, 2.75) is 0 Å². The van der Waals surface area contributed by atoms with Gasteiger partial charge in [-0.1, -0.05) is 0 Å². The second-order valence-electron chi connectivity index (χ2n) is 4.02. The minimum absolute atomic E-state index is 0.239. The van der Waals surface area contributed by atoms with Crippen LogP contribution in [0.2, 0.25) is 0 Å². The van der Waals surface area contributed by atoms with Crippen molar-refractivity contribution in [2.75, 3.05) is 18.1 Å². The molecule has 19 heavy (non-hydrogen) atoms. The summed E-state index contributed by atoms with van der Waals surface area (Å²) in [4.78, 5) is 11.8. The smallest absolute Gasteiger partial charge is 0.253 e. The molecule has 0 fully saturated rings. The first kappa shape index (κ1) is 12.9. The number of amides is 1. The molecule has 0 spiro atoms. The van der Waals surface area contributed by atoms with E-state index in [9.17, 15) is 9.18 Å². The van der Waals surface area contributed by atoms with Crippen LogP contribution in [0.25, 0.3) is 0 Å². The first-order chi connectivity index (χ1) is 9.10. The molecule has 4 N–H and O–H groups in total. The highest BCUT2D eigenvalue weighted by atomic mass is 19.1. The Morgan fingerprint density at radius 1 is 1.16 bits per heavy atom. The first-order valence-electron chi connectivity index (χ1n) is 5.74. The van der Waals surface area contributed by atoms with Crippen LogP contribution in [0, 0.1) is 5.82 Å². The van der Waals surface area contributed by atoms with Crippen molar-refractivity contribution < 1.29 is 9.18 Å². The number of nitrogens with two attached hydrogens (primary N) is 1. The van der Waals surface area contributed by atoms with Gasteiger partial charge in [0.25, 0.3) is 5.91 Å². The SMILES string of the molecule is CNC(=O)c1cc(N)ccc1Nc1ccc(F)cc1. The molecule has 0 aliphatic heterocycles. The Balaban J connectivity index is 2.34. The Kier molecular flexibility index (Phi) is 3.66. The third-order valence-corrected chi connectivity index (χ3v) is 2.64. The normalized spacial score (nSPS) is 10.0. The maximum absolute atomic E-state index is 12.8. The van der Waals surface area contributed by atoms with Gasteiger partial charge in [0, 0.05) is 18.4 Å². The predicted octanol–water partition coefficient (Wildman–Crippen LogP) is 2.51. The molecular formula is C14H14FN3O. The Morgan fingerprint density at radius 3 is 2.47 bits per heavy atom. The van der Waals surface area contributed by atoms with E-state index in [0.29, 0.717) is 22.6 Å². The quantitative estimate of drug-likeness (QED) is 0.742. The minimum Gasteiger partial charge on any atom is -0.399 e. The average molecular weight is 259 g/mol. The van der Waals surface area contributed by atoms with E-state index >= 15 is 0 Å². The summed E-state index contributed by atoms with van der Waals surface area (Å²) in [7, 11) is 1.55. The van der Waals surface area contributed by atoms with E-state index in [2.05, 4.69) is 10.6 Å². The fraction of sp³-hybridized carbons (Fsp3) is 0.0714. The van der Waals surface area contributed by atoms with Gasteiger partial charge in [-0.2, -0.15) is 0 Å². The van der Waals surface area contributed by atoms with Crippen molar-refractivity contribution >= 4 is 23.0 Å². The Labute approximate surface area is 110 Å². The molecule has 2 aromatic rings. The largest absolute Gasteiger partial charge is 0.399 e. The van der Waals surface area contributed by atoms with E-state index in [1.165, 1.54) is 12.1 Å². The number of nitrogen functional groups attached to an aromatic ring is 1. The molecule has 0 bridgehead atoms. The summed E-state index contributed by atoms with van der Waals surface area (Å²) in [6.45, 7) is 0. The summed E-state index contributed by atoms with van der Waals surface area (Å²) in [6, 6.07) is 10.9. The molecule has 0 aromatic heterocycles. The van der Waals surface area contributed by atoms with Crippen LogP contribution in [-0.4, -0.2) is 13.0 Å². The lowest BCUT2D eigenvalue weighted by Gasteiger charge is -2.12. The van der Waals surface area contributed by atoms with Crippen LogP contribution >= 0.6 is 0 Å².